The molecule has 8 heteroatoms. The number of nitrogens with zero attached hydrogens (tertiary/aromatic N) is 2. The molecule has 0 fully saturated rings. The third-order valence-electron chi connectivity index (χ3n) is 4.05. The maximum absolute atomic E-state index is 12.2. The molecular formula is C20H24N4O2S2. The molecule has 0 spiro atoms. The van der Waals surface area contributed by atoms with Gasteiger partial charge in [-0.25, -0.2) is 0 Å². The van der Waals surface area contributed by atoms with Crippen LogP contribution in [-0.4, -0.2) is 45.9 Å². The lowest BCUT2D eigenvalue weighted by molar-refractivity contribution is -0.132. The van der Waals surface area contributed by atoms with E-state index in [9.17, 15) is 9.59 Å². The molecule has 28 heavy (non-hydrogen) atoms. The fourth-order valence-corrected chi connectivity index (χ4v) is 3.01. The Morgan fingerprint density at radius 2 is 1.61 bits per heavy atom. The maximum atomic E-state index is 12.2. The monoisotopic (exact) mass is 416 g/mol. The smallest absolute Gasteiger partial charge is 0.248 e. The third-order valence-corrected chi connectivity index (χ3v) is 5.07. The fourth-order valence-electron chi connectivity index (χ4n) is 2.65. The number of hydrogen-bond acceptors (Lipinski definition) is 4. The van der Waals surface area contributed by atoms with Crippen molar-refractivity contribution in [2.75, 3.05) is 14.1 Å². The molecule has 0 heterocycles. The number of allylic oxidation sites excluding steroid dienone is 2. The highest BCUT2D eigenvalue weighted by Gasteiger charge is 2.17. The zero-order valence-corrected chi connectivity index (χ0v) is 17.8. The van der Waals surface area contributed by atoms with Gasteiger partial charge in [-0.3, -0.25) is 30.5 Å². The molecule has 0 aromatic heterocycles. The van der Waals surface area contributed by atoms with Crippen molar-refractivity contribution in [2.45, 2.75) is 19.8 Å². The van der Waals surface area contributed by atoms with E-state index in [2.05, 4.69) is 29.9 Å². The minimum atomic E-state index is -0.469. The summed E-state index contributed by atoms with van der Waals surface area (Å²) in [7, 11) is 3.29. The van der Waals surface area contributed by atoms with Gasteiger partial charge in [0, 0.05) is 25.2 Å². The van der Waals surface area contributed by atoms with Crippen LogP contribution in [0.15, 0.2) is 54.1 Å². The molecule has 1 aliphatic carbocycles. The summed E-state index contributed by atoms with van der Waals surface area (Å²) < 4.78 is 0. The van der Waals surface area contributed by atoms with E-state index in [1.165, 1.54) is 10.0 Å². The summed E-state index contributed by atoms with van der Waals surface area (Å²) in [6.07, 6.45) is 6.69. The summed E-state index contributed by atoms with van der Waals surface area (Å²) in [5.74, 6) is -0.533. The van der Waals surface area contributed by atoms with Crippen molar-refractivity contribution in [3.63, 3.8) is 0 Å². The Bertz CT molecular complexity index is 821. The molecule has 0 saturated carbocycles. The van der Waals surface area contributed by atoms with Gasteiger partial charge in [0.25, 0.3) is 0 Å². The molecule has 1 aliphatic rings. The van der Waals surface area contributed by atoms with Gasteiger partial charge in [0.15, 0.2) is 0 Å². The molecule has 2 rings (SSSR count). The van der Waals surface area contributed by atoms with Crippen LogP contribution >= 0.6 is 24.4 Å². The lowest BCUT2D eigenvalue weighted by Crippen LogP contribution is -2.47. The number of amides is 2. The van der Waals surface area contributed by atoms with E-state index >= 15 is 0 Å². The van der Waals surface area contributed by atoms with Gasteiger partial charge in [0.05, 0.1) is 0 Å². The number of thiocarbonyl (C=S) groups is 2. The first-order valence-electron chi connectivity index (χ1n) is 8.86. The second kappa shape index (κ2) is 10.1. The van der Waals surface area contributed by atoms with E-state index in [0.29, 0.717) is 15.9 Å². The molecule has 0 bridgehead atoms. The first kappa shape index (κ1) is 21.7. The van der Waals surface area contributed by atoms with Crippen molar-refractivity contribution in [3.8, 4) is 0 Å². The molecule has 0 aliphatic heterocycles. The van der Waals surface area contributed by atoms with Crippen LogP contribution in [0.4, 0.5) is 0 Å². The van der Waals surface area contributed by atoms with Gasteiger partial charge in [-0.15, -0.1) is 0 Å². The predicted molar refractivity (Wildman–Crippen MR) is 118 cm³/mol. The Balaban J connectivity index is 1.83. The number of rotatable bonds is 4. The van der Waals surface area contributed by atoms with Gasteiger partial charge in [0.2, 0.25) is 11.8 Å². The lowest BCUT2D eigenvalue weighted by atomic mass is 9.98. The molecule has 6 nitrogen and oxygen atoms in total. The van der Waals surface area contributed by atoms with Crippen molar-refractivity contribution in [1.82, 2.24) is 20.9 Å². The molecule has 2 N–H and O–H groups in total. The lowest BCUT2D eigenvalue weighted by Gasteiger charge is -2.24. The molecule has 0 radical (unpaired) electrons. The number of likely N-dealkylation sites (N-methyl/N-ethyl adjacent to an activating group) is 1. The highest BCUT2D eigenvalue weighted by molar-refractivity contribution is 7.81. The highest BCUT2D eigenvalue weighted by atomic mass is 32.1. The van der Waals surface area contributed by atoms with Gasteiger partial charge in [-0.2, -0.15) is 0 Å². The SMILES string of the molecule is CC1C=C(C(=S)N(C)NC(=O)CC(=O)NN(C)C(=S)c2ccccc2)C=CC1. The molecule has 0 saturated heterocycles. The van der Waals surface area contributed by atoms with E-state index in [4.69, 9.17) is 24.4 Å². The normalized spacial score (nSPS) is 15.2. The summed E-state index contributed by atoms with van der Waals surface area (Å²) in [5, 5.41) is 2.88. The zero-order chi connectivity index (χ0) is 20.7. The van der Waals surface area contributed by atoms with Crippen molar-refractivity contribution < 1.29 is 9.59 Å². The largest absolute Gasteiger partial charge is 0.277 e. The molecule has 1 aromatic carbocycles. The summed E-state index contributed by atoms with van der Waals surface area (Å²) in [6, 6.07) is 9.31. The van der Waals surface area contributed by atoms with E-state index in [-0.39, 0.29) is 6.42 Å². The number of nitrogens with one attached hydrogen (secondary N) is 2. The van der Waals surface area contributed by atoms with Crippen LogP contribution in [0, 0.1) is 5.92 Å². The minimum absolute atomic E-state index is 0.347. The third kappa shape index (κ3) is 6.24. The van der Waals surface area contributed by atoms with Gasteiger partial charge in [-0.1, -0.05) is 79.9 Å². The second-order valence-electron chi connectivity index (χ2n) is 6.58. The summed E-state index contributed by atoms with van der Waals surface area (Å²) >= 11 is 10.7. The summed E-state index contributed by atoms with van der Waals surface area (Å²) in [4.78, 5) is 25.3. The number of hydrazine groups is 2. The standard InChI is InChI=1S/C20H24N4O2S2/c1-14-8-7-11-16(12-14)20(28)24(3)22-18(26)13-17(25)21-23(2)19(27)15-9-5-4-6-10-15/h4-7,9-12,14H,8,13H2,1-3H3,(H,21,25)(H,22,26). The van der Waals surface area contributed by atoms with Crippen LogP contribution in [-0.2, 0) is 9.59 Å². The Morgan fingerprint density at radius 1 is 1.04 bits per heavy atom. The van der Waals surface area contributed by atoms with Gasteiger partial charge < -0.3 is 0 Å². The summed E-state index contributed by atoms with van der Waals surface area (Å²) in [6.45, 7) is 2.10. The van der Waals surface area contributed by atoms with E-state index in [1.54, 1.807) is 14.1 Å². The zero-order valence-electron chi connectivity index (χ0n) is 16.1. The number of carbonyl (C=O) groups is 2. The van der Waals surface area contributed by atoms with Crippen LogP contribution in [0.25, 0.3) is 0 Å². The number of benzene rings is 1. The first-order chi connectivity index (χ1) is 13.3. The van der Waals surface area contributed by atoms with E-state index in [1.807, 2.05) is 36.4 Å². The van der Waals surface area contributed by atoms with Gasteiger partial charge in [-0.05, 0) is 12.3 Å². The quantitative estimate of drug-likeness (QED) is 0.447. The fraction of sp³-hybridized carbons (Fsp3) is 0.300. The highest BCUT2D eigenvalue weighted by Crippen LogP contribution is 2.17. The summed E-state index contributed by atoms with van der Waals surface area (Å²) in [5.41, 5.74) is 6.91. The van der Waals surface area contributed by atoms with Crippen LogP contribution in [0.2, 0.25) is 0 Å². The van der Waals surface area contributed by atoms with Gasteiger partial charge >= 0.3 is 0 Å². The molecule has 148 valence electrons. The van der Waals surface area contributed by atoms with E-state index < -0.39 is 11.8 Å². The Labute approximate surface area is 176 Å². The topological polar surface area (TPSA) is 64.7 Å². The Kier molecular flexibility index (Phi) is 7.83. The van der Waals surface area contributed by atoms with Crippen LogP contribution < -0.4 is 10.9 Å². The maximum Gasteiger partial charge on any atom is 0.248 e. The van der Waals surface area contributed by atoms with Crippen LogP contribution in [0.3, 0.4) is 0 Å². The second-order valence-corrected chi connectivity index (χ2v) is 7.35. The average molecular weight is 417 g/mol. The van der Waals surface area contributed by atoms with E-state index in [0.717, 1.165) is 17.6 Å². The Hall–Kier alpha value is -2.58. The predicted octanol–water partition coefficient (Wildman–Crippen LogP) is 2.53. The van der Waals surface area contributed by atoms with Gasteiger partial charge in [0.1, 0.15) is 16.4 Å². The van der Waals surface area contributed by atoms with Crippen molar-refractivity contribution in [1.29, 1.82) is 0 Å². The first-order valence-corrected chi connectivity index (χ1v) is 9.68. The number of hydrogen-bond donors (Lipinski definition) is 2. The Morgan fingerprint density at radius 3 is 2.18 bits per heavy atom. The molecule has 1 unspecified atom stereocenters. The molecule has 1 atom stereocenters. The van der Waals surface area contributed by atoms with Crippen molar-refractivity contribution >= 4 is 46.2 Å². The molecule has 1 aromatic rings. The van der Waals surface area contributed by atoms with Crippen molar-refractivity contribution in [2.24, 2.45) is 5.92 Å². The molecular weight excluding hydrogens is 392 g/mol. The van der Waals surface area contributed by atoms with Crippen LogP contribution in [0.5, 0.6) is 0 Å². The van der Waals surface area contributed by atoms with Crippen molar-refractivity contribution in [3.05, 3.63) is 59.7 Å². The minimum Gasteiger partial charge on any atom is -0.277 e. The average Bonchev–Trinajstić information content (AvgIpc) is 2.67. The molecule has 2 amide bonds. The number of carbonyl (C=O) groups excluding carboxylic acids is 2. The van der Waals surface area contributed by atoms with Crippen LogP contribution in [0.1, 0.15) is 25.3 Å².